The normalized spacial score (nSPS) is 16.4. The van der Waals surface area contributed by atoms with Gasteiger partial charge in [-0.2, -0.15) is 4.39 Å². The van der Waals surface area contributed by atoms with Crippen LogP contribution in [0.1, 0.15) is 13.8 Å². The molecule has 1 aromatic heterocycles. The number of rotatable bonds is 0. The second-order valence-electron chi connectivity index (χ2n) is 5.25. The molecule has 2 heterocycles. The first-order valence-corrected chi connectivity index (χ1v) is 5.79. The van der Waals surface area contributed by atoms with E-state index in [1.165, 1.54) is 6.07 Å². The largest absolute Gasteiger partial charge is 0.486 e. The zero-order valence-electron chi connectivity index (χ0n) is 10.5. The van der Waals surface area contributed by atoms with Crippen LogP contribution in [0.25, 0.3) is 10.9 Å². The third kappa shape index (κ3) is 1.39. The molecule has 0 spiro atoms. The number of hydrogen-bond acceptors (Lipinski definition) is 3. The molecule has 1 aliphatic rings. The molecule has 0 bridgehead atoms. The Kier molecular flexibility index (Phi) is 2.18. The molecule has 100 valence electrons. The van der Waals surface area contributed by atoms with Crippen molar-refractivity contribution in [3.63, 3.8) is 0 Å². The first-order chi connectivity index (χ1) is 8.84. The van der Waals surface area contributed by atoms with E-state index in [2.05, 4.69) is 0 Å². The average molecular weight is 266 g/mol. The first kappa shape index (κ1) is 12.0. The van der Waals surface area contributed by atoms with Crippen LogP contribution in [-0.4, -0.2) is 11.2 Å². The van der Waals surface area contributed by atoms with Gasteiger partial charge in [0.15, 0.2) is 17.0 Å². The van der Waals surface area contributed by atoms with Gasteiger partial charge in [0.2, 0.25) is 5.82 Å². The van der Waals surface area contributed by atoms with Crippen LogP contribution in [0.2, 0.25) is 0 Å². The Hall–Kier alpha value is -2.11. The lowest BCUT2D eigenvalue weighted by molar-refractivity contribution is 0.163. The molecule has 0 saturated heterocycles. The highest BCUT2D eigenvalue weighted by atomic mass is 19.2. The van der Waals surface area contributed by atoms with E-state index in [1.807, 2.05) is 13.8 Å². The molecule has 0 fully saturated rings. The molecule has 3 rings (SSSR count). The van der Waals surface area contributed by atoms with Crippen LogP contribution in [0.5, 0.6) is 5.75 Å². The van der Waals surface area contributed by atoms with E-state index in [-0.39, 0.29) is 23.3 Å². The highest BCUT2D eigenvalue weighted by Crippen LogP contribution is 2.39. The minimum absolute atomic E-state index is 0.0378. The first-order valence-electron chi connectivity index (χ1n) is 5.79. The average Bonchev–Trinajstić information content (AvgIpc) is 2.35. The van der Waals surface area contributed by atoms with Crippen molar-refractivity contribution in [1.29, 1.82) is 0 Å². The SMILES string of the molecule is CC1(C)COc2c(F)c(F)c(N)c3c(=O)ccn1c23. The molecule has 0 aliphatic carbocycles. The molecule has 2 N–H and O–H groups in total. The van der Waals surface area contributed by atoms with E-state index in [1.54, 1.807) is 10.8 Å². The maximum absolute atomic E-state index is 13.9. The molecule has 0 atom stereocenters. The Bertz CT molecular complexity index is 766. The third-order valence-corrected chi connectivity index (χ3v) is 3.43. The Morgan fingerprint density at radius 2 is 2.05 bits per heavy atom. The fourth-order valence-corrected chi connectivity index (χ4v) is 2.41. The summed E-state index contributed by atoms with van der Waals surface area (Å²) >= 11 is 0. The number of anilines is 1. The van der Waals surface area contributed by atoms with Gasteiger partial charge < -0.3 is 15.0 Å². The van der Waals surface area contributed by atoms with E-state index in [4.69, 9.17) is 10.5 Å². The van der Waals surface area contributed by atoms with Crippen LogP contribution in [0.4, 0.5) is 14.5 Å². The number of benzene rings is 1. The van der Waals surface area contributed by atoms with Crippen molar-refractivity contribution in [3.05, 3.63) is 34.1 Å². The summed E-state index contributed by atoms with van der Waals surface area (Å²) in [5.41, 5.74) is 4.34. The molecular weight excluding hydrogens is 254 g/mol. The number of aromatic nitrogens is 1. The van der Waals surface area contributed by atoms with Crippen molar-refractivity contribution >= 4 is 16.6 Å². The molecule has 6 heteroatoms. The predicted molar refractivity (Wildman–Crippen MR) is 67.4 cm³/mol. The van der Waals surface area contributed by atoms with Gasteiger partial charge in [-0.3, -0.25) is 4.79 Å². The summed E-state index contributed by atoms with van der Waals surface area (Å²) in [5, 5.41) is -0.0378. The van der Waals surface area contributed by atoms with Gasteiger partial charge in [0, 0.05) is 12.3 Å². The van der Waals surface area contributed by atoms with Crippen molar-refractivity contribution in [2.45, 2.75) is 19.4 Å². The lowest BCUT2D eigenvalue weighted by Gasteiger charge is -2.35. The fourth-order valence-electron chi connectivity index (χ4n) is 2.41. The summed E-state index contributed by atoms with van der Waals surface area (Å²) in [7, 11) is 0. The van der Waals surface area contributed by atoms with Crippen molar-refractivity contribution in [2.24, 2.45) is 0 Å². The summed E-state index contributed by atoms with van der Waals surface area (Å²) in [5.74, 6) is -2.64. The van der Waals surface area contributed by atoms with Gasteiger partial charge >= 0.3 is 0 Å². The van der Waals surface area contributed by atoms with Crippen LogP contribution in [0.3, 0.4) is 0 Å². The summed E-state index contributed by atoms with van der Waals surface area (Å²) in [6, 6.07) is 1.30. The van der Waals surface area contributed by atoms with Gasteiger partial charge in [-0.1, -0.05) is 0 Å². The number of halogens is 2. The van der Waals surface area contributed by atoms with Gasteiger partial charge in [0.05, 0.1) is 16.6 Å². The van der Waals surface area contributed by atoms with Crippen LogP contribution in [-0.2, 0) is 5.54 Å². The summed E-state index contributed by atoms with van der Waals surface area (Å²) in [4.78, 5) is 11.9. The Labute approximate surface area is 107 Å². The summed E-state index contributed by atoms with van der Waals surface area (Å²) < 4.78 is 34.6. The molecule has 19 heavy (non-hydrogen) atoms. The molecule has 4 nitrogen and oxygen atoms in total. The molecule has 0 saturated carbocycles. The molecule has 1 aromatic carbocycles. The minimum Gasteiger partial charge on any atom is -0.486 e. The van der Waals surface area contributed by atoms with E-state index in [9.17, 15) is 13.6 Å². The third-order valence-electron chi connectivity index (χ3n) is 3.43. The predicted octanol–water partition coefficient (Wildman–Crippen LogP) is 1.99. The van der Waals surface area contributed by atoms with E-state index in [0.717, 1.165) is 0 Å². The van der Waals surface area contributed by atoms with Gasteiger partial charge in [-0.15, -0.1) is 0 Å². The van der Waals surface area contributed by atoms with Crippen LogP contribution in [0.15, 0.2) is 17.1 Å². The number of nitrogens with zero attached hydrogens (tertiary/aromatic N) is 1. The number of nitrogen functional groups attached to an aromatic ring is 1. The number of pyridine rings is 1. The monoisotopic (exact) mass is 266 g/mol. The molecule has 0 radical (unpaired) electrons. The molecule has 2 aromatic rings. The smallest absolute Gasteiger partial charge is 0.205 e. The van der Waals surface area contributed by atoms with Crippen molar-refractivity contribution in [1.82, 2.24) is 4.57 Å². The number of ether oxygens (including phenoxy) is 1. The highest BCUT2D eigenvalue weighted by molar-refractivity contribution is 5.95. The number of nitrogens with two attached hydrogens (primary N) is 1. The topological polar surface area (TPSA) is 57.2 Å². The van der Waals surface area contributed by atoms with Crippen molar-refractivity contribution in [3.8, 4) is 5.75 Å². The minimum atomic E-state index is -1.24. The van der Waals surface area contributed by atoms with E-state index >= 15 is 0 Å². The molecule has 0 unspecified atom stereocenters. The van der Waals surface area contributed by atoms with Gasteiger partial charge in [-0.05, 0) is 13.8 Å². The Morgan fingerprint density at radius 1 is 1.37 bits per heavy atom. The quantitative estimate of drug-likeness (QED) is 0.742. The second-order valence-corrected chi connectivity index (χ2v) is 5.25. The zero-order valence-corrected chi connectivity index (χ0v) is 10.5. The van der Waals surface area contributed by atoms with E-state index in [0.29, 0.717) is 0 Å². The second kappa shape index (κ2) is 3.46. The Morgan fingerprint density at radius 3 is 2.74 bits per heavy atom. The fraction of sp³-hybridized carbons (Fsp3) is 0.308. The standard InChI is InChI=1S/C13H12F2N2O2/c1-13(2)5-19-12-9(15)8(14)10(16)7-6(18)3-4-17(13)11(7)12/h3-4H,5,16H2,1-2H3. The lowest BCUT2D eigenvalue weighted by atomic mass is 10.0. The maximum Gasteiger partial charge on any atom is 0.205 e. The van der Waals surface area contributed by atoms with Gasteiger partial charge in [-0.25, -0.2) is 4.39 Å². The summed E-state index contributed by atoms with van der Waals surface area (Å²) in [6.45, 7) is 3.92. The molecule has 1 aliphatic heterocycles. The van der Waals surface area contributed by atoms with Crippen LogP contribution >= 0.6 is 0 Å². The van der Waals surface area contributed by atoms with E-state index < -0.39 is 28.3 Å². The van der Waals surface area contributed by atoms with Crippen molar-refractivity contribution in [2.75, 3.05) is 12.3 Å². The highest BCUT2D eigenvalue weighted by Gasteiger charge is 2.33. The zero-order chi connectivity index (χ0) is 13.9. The summed E-state index contributed by atoms with van der Waals surface area (Å²) in [6.07, 6.45) is 1.55. The van der Waals surface area contributed by atoms with Gasteiger partial charge in [0.25, 0.3) is 0 Å². The lowest BCUT2D eigenvalue weighted by Crippen LogP contribution is -2.38. The maximum atomic E-state index is 13.9. The van der Waals surface area contributed by atoms with Crippen LogP contribution < -0.4 is 15.9 Å². The van der Waals surface area contributed by atoms with Crippen molar-refractivity contribution < 1.29 is 13.5 Å². The Balaban J connectivity index is 2.64. The molecular formula is C13H12F2N2O2. The molecule has 0 amide bonds. The number of hydrogen-bond donors (Lipinski definition) is 1. The van der Waals surface area contributed by atoms with Crippen LogP contribution in [0, 0.1) is 11.6 Å². The van der Waals surface area contributed by atoms with Gasteiger partial charge in [0.1, 0.15) is 12.1 Å².